The highest BCUT2D eigenvalue weighted by Gasteiger charge is 2.15. The molecule has 1 aliphatic rings. The zero-order valence-electron chi connectivity index (χ0n) is 9.66. The molecule has 0 saturated heterocycles. The van der Waals surface area contributed by atoms with Gasteiger partial charge in [0.1, 0.15) is 0 Å². The van der Waals surface area contributed by atoms with Crippen LogP contribution in [0, 0.1) is 5.92 Å². The summed E-state index contributed by atoms with van der Waals surface area (Å²) in [4.78, 5) is 11.2. The second kappa shape index (κ2) is 4.56. The molecule has 0 amide bonds. The molecular formula is C13H16O3. The zero-order valence-corrected chi connectivity index (χ0v) is 9.66. The summed E-state index contributed by atoms with van der Waals surface area (Å²) in [6.07, 6.45) is 1.00. The highest BCUT2D eigenvalue weighted by atomic mass is 16.5. The van der Waals surface area contributed by atoms with Gasteiger partial charge in [-0.3, -0.25) is 4.79 Å². The average Bonchev–Trinajstić information content (AvgIpc) is 2.40. The molecule has 3 heteroatoms. The Bertz CT molecular complexity index is 396. The van der Waals surface area contributed by atoms with E-state index in [4.69, 9.17) is 9.47 Å². The third kappa shape index (κ3) is 2.54. The molecule has 1 heterocycles. The van der Waals surface area contributed by atoms with Gasteiger partial charge in [0.15, 0.2) is 24.7 Å². The van der Waals surface area contributed by atoms with Crippen molar-refractivity contribution in [3.05, 3.63) is 23.8 Å². The third-order valence-electron chi connectivity index (χ3n) is 2.43. The fraction of sp³-hybridized carbons (Fsp3) is 0.462. The molecule has 0 atom stereocenters. The van der Waals surface area contributed by atoms with Crippen LogP contribution in [-0.2, 0) is 11.2 Å². The summed E-state index contributed by atoms with van der Waals surface area (Å²) in [6.45, 7) is 4.56. The van der Waals surface area contributed by atoms with E-state index in [-0.39, 0.29) is 19.0 Å². The van der Waals surface area contributed by atoms with Gasteiger partial charge in [-0.15, -0.1) is 0 Å². The first-order valence-electron chi connectivity index (χ1n) is 5.55. The van der Waals surface area contributed by atoms with Crippen LogP contribution in [0.2, 0.25) is 0 Å². The smallest absolute Gasteiger partial charge is 0.207 e. The van der Waals surface area contributed by atoms with Gasteiger partial charge in [-0.05, 0) is 30.0 Å². The van der Waals surface area contributed by atoms with Crippen molar-refractivity contribution in [3.8, 4) is 11.5 Å². The summed E-state index contributed by atoms with van der Waals surface area (Å²) < 4.78 is 10.8. The van der Waals surface area contributed by atoms with Gasteiger partial charge >= 0.3 is 0 Å². The molecule has 0 unspecified atom stereocenters. The third-order valence-corrected chi connectivity index (χ3v) is 2.43. The summed E-state index contributed by atoms with van der Waals surface area (Å²) in [5.74, 6) is 1.93. The predicted molar refractivity (Wildman–Crippen MR) is 61.0 cm³/mol. The Morgan fingerprint density at radius 3 is 2.56 bits per heavy atom. The minimum absolute atomic E-state index is 0.0263. The Kier molecular flexibility index (Phi) is 3.13. The van der Waals surface area contributed by atoms with Crippen LogP contribution in [0.3, 0.4) is 0 Å². The van der Waals surface area contributed by atoms with Gasteiger partial charge in [-0.2, -0.15) is 0 Å². The van der Waals surface area contributed by atoms with Crippen LogP contribution in [0.15, 0.2) is 18.2 Å². The number of ketones is 1. The number of ether oxygens (including phenoxy) is 2. The van der Waals surface area contributed by atoms with Gasteiger partial charge in [0.25, 0.3) is 0 Å². The van der Waals surface area contributed by atoms with Gasteiger partial charge in [-0.1, -0.05) is 19.9 Å². The minimum atomic E-state index is -0.0263. The van der Waals surface area contributed by atoms with Crippen LogP contribution in [-0.4, -0.2) is 19.0 Å². The van der Waals surface area contributed by atoms with Crippen molar-refractivity contribution in [1.82, 2.24) is 0 Å². The van der Waals surface area contributed by atoms with Gasteiger partial charge in [0.2, 0.25) is 5.78 Å². The quantitative estimate of drug-likeness (QED) is 0.766. The normalized spacial score (nSPS) is 15.1. The van der Waals surface area contributed by atoms with E-state index >= 15 is 0 Å². The number of rotatable bonds is 2. The van der Waals surface area contributed by atoms with Crippen LogP contribution < -0.4 is 9.47 Å². The number of benzene rings is 1. The highest BCUT2D eigenvalue weighted by molar-refractivity contribution is 5.82. The summed E-state index contributed by atoms with van der Waals surface area (Å²) in [6, 6.07) is 5.87. The first-order valence-corrected chi connectivity index (χ1v) is 5.55. The molecule has 86 valence electrons. The SMILES string of the molecule is CC(C)Cc1ccc2c(c1)OCC(=O)CO2. The lowest BCUT2D eigenvalue weighted by molar-refractivity contribution is -0.122. The van der Waals surface area contributed by atoms with E-state index in [2.05, 4.69) is 13.8 Å². The first kappa shape index (κ1) is 11.0. The molecule has 0 bridgehead atoms. The molecule has 0 aliphatic carbocycles. The topological polar surface area (TPSA) is 35.5 Å². The largest absolute Gasteiger partial charge is 0.482 e. The lowest BCUT2D eigenvalue weighted by Crippen LogP contribution is -2.15. The van der Waals surface area contributed by atoms with Crippen LogP contribution in [0.1, 0.15) is 19.4 Å². The Balaban J connectivity index is 2.21. The molecule has 2 rings (SSSR count). The van der Waals surface area contributed by atoms with Crippen molar-refractivity contribution in [3.63, 3.8) is 0 Å². The van der Waals surface area contributed by atoms with Crippen LogP contribution in [0.25, 0.3) is 0 Å². The maximum absolute atomic E-state index is 11.2. The Hall–Kier alpha value is -1.51. The summed E-state index contributed by atoms with van der Waals surface area (Å²) in [7, 11) is 0. The molecule has 0 radical (unpaired) electrons. The Labute approximate surface area is 95.4 Å². The van der Waals surface area contributed by atoms with Crippen molar-refractivity contribution in [1.29, 1.82) is 0 Å². The van der Waals surface area contributed by atoms with E-state index in [9.17, 15) is 4.79 Å². The van der Waals surface area contributed by atoms with E-state index in [0.717, 1.165) is 6.42 Å². The summed E-state index contributed by atoms with van der Waals surface area (Å²) in [5, 5.41) is 0. The fourth-order valence-electron chi connectivity index (χ4n) is 1.74. The van der Waals surface area contributed by atoms with Crippen LogP contribution in [0.4, 0.5) is 0 Å². The summed E-state index contributed by atoms with van der Waals surface area (Å²) >= 11 is 0. The highest BCUT2D eigenvalue weighted by Crippen LogP contribution is 2.30. The van der Waals surface area contributed by atoms with E-state index in [1.807, 2.05) is 18.2 Å². The molecule has 0 N–H and O–H groups in total. The van der Waals surface area contributed by atoms with Crippen molar-refractivity contribution >= 4 is 5.78 Å². The number of hydrogen-bond acceptors (Lipinski definition) is 3. The van der Waals surface area contributed by atoms with Crippen LogP contribution in [0.5, 0.6) is 11.5 Å². The summed E-state index contributed by atoms with van der Waals surface area (Å²) in [5.41, 5.74) is 1.21. The van der Waals surface area contributed by atoms with Gasteiger partial charge in [0, 0.05) is 0 Å². The lowest BCUT2D eigenvalue weighted by atomic mass is 10.0. The maximum Gasteiger partial charge on any atom is 0.207 e. The molecule has 0 fully saturated rings. The van der Waals surface area contributed by atoms with Crippen molar-refractivity contribution in [2.24, 2.45) is 5.92 Å². The second-order valence-corrected chi connectivity index (χ2v) is 4.50. The number of Topliss-reactive ketones (excluding diaryl/α,β-unsaturated/α-hetero) is 1. The van der Waals surface area contributed by atoms with E-state index in [1.165, 1.54) is 5.56 Å². The fourth-order valence-corrected chi connectivity index (χ4v) is 1.74. The van der Waals surface area contributed by atoms with E-state index < -0.39 is 0 Å². The molecule has 1 aromatic carbocycles. The molecule has 0 spiro atoms. The number of hydrogen-bond donors (Lipinski definition) is 0. The van der Waals surface area contributed by atoms with Crippen molar-refractivity contribution in [2.45, 2.75) is 20.3 Å². The molecule has 16 heavy (non-hydrogen) atoms. The lowest BCUT2D eigenvalue weighted by Gasteiger charge is -2.10. The van der Waals surface area contributed by atoms with E-state index in [1.54, 1.807) is 0 Å². The van der Waals surface area contributed by atoms with Crippen LogP contribution >= 0.6 is 0 Å². The second-order valence-electron chi connectivity index (χ2n) is 4.50. The van der Waals surface area contributed by atoms with Gasteiger partial charge in [-0.25, -0.2) is 0 Å². The minimum Gasteiger partial charge on any atom is -0.482 e. The maximum atomic E-state index is 11.2. The molecule has 0 saturated carbocycles. The molecule has 1 aliphatic heterocycles. The van der Waals surface area contributed by atoms with E-state index in [0.29, 0.717) is 17.4 Å². The van der Waals surface area contributed by atoms with Gasteiger partial charge in [0.05, 0.1) is 0 Å². The molecule has 1 aromatic rings. The monoisotopic (exact) mass is 220 g/mol. The van der Waals surface area contributed by atoms with Gasteiger partial charge < -0.3 is 9.47 Å². The molecule has 3 nitrogen and oxygen atoms in total. The number of carbonyl (C=O) groups is 1. The predicted octanol–water partition coefficient (Wildman–Crippen LogP) is 2.23. The Morgan fingerprint density at radius 2 is 1.88 bits per heavy atom. The zero-order chi connectivity index (χ0) is 11.5. The number of carbonyl (C=O) groups excluding carboxylic acids is 1. The average molecular weight is 220 g/mol. The Morgan fingerprint density at radius 1 is 1.19 bits per heavy atom. The number of fused-ring (bicyclic) bond motifs is 1. The molecule has 0 aromatic heterocycles. The first-order chi connectivity index (χ1) is 7.65. The van der Waals surface area contributed by atoms with Crippen molar-refractivity contribution in [2.75, 3.05) is 13.2 Å². The standard InChI is InChI=1S/C13H16O3/c1-9(2)5-10-3-4-12-13(6-10)16-8-11(14)7-15-12/h3-4,6,9H,5,7-8H2,1-2H3. The molecular weight excluding hydrogens is 204 g/mol. The van der Waals surface area contributed by atoms with Crippen molar-refractivity contribution < 1.29 is 14.3 Å².